The molecule has 0 saturated carbocycles. The van der Waals surface area contributed by atoms with E-state index in [1.807, 2.05) is 42.5 Å². The molecule has 3 aromatic rings. The molecule has 0 N–H and O–H groups in total. The lowest BCUT2D eigenvalue weighted by Crippen LogP contribution is -2.24. The Morgan fingerprint density at radius 2 is 1.89 bits per heavy atom. The average molecular weight is 428 g/mol. The molecule has 3 heterocycles. The number of hydrogen-bond donors (Lipinski definition) is 0. The van der Waals surface area contributed by atoms with Crippen molar-refractivity contribution in [2.24, 2.45) is 0 Å². The number of rotatable bonds is 3. The zero-order chi connectivity index (χ0) is 18.4. The van der Waals surface area contributed by atoms with Gasteiger partial charge in [-0.25, -0.2) is 0 Å². The summed E-state index contributed by atoms with van der Waals surface area (Å²) in [5.41, 5.74) is 1.64. The first-order chi connectivity index (χ1) is 13.2. The largest absolute Gasteiger partial charge is 0.454 e. The fourth-order valence-corrected chi connectivity index (χ4v) is 3.56. The van der Waals surface area contributed by atoms with Crippen LogP contribution in [0.25, 0.3) is 11.4 Å². The van der Waals surface area contributed by atoms with Gasteiger partial charge in [-0.15, -0.1) is 0 Å². The molecule has 1 fully saturated rings. The smallest absolute Gasteiger partial charge is 0.232 e. The Balaban J connectivity index is 1.37. The van der Waals surface area contributed by atoms with Crippen molar-refractivity contribution in [3.63, 3.8) is 0 Å². The number of halogens is 1. The highest BCUT2D eigenvalue weighted by molar-refractivity contribution is 9.10. The highest BCUT2D eigenvalue weighted by atomic mass is 79.9. The van der Waals surface area contributed by atoms with E-state index in [9.17, 15) is 4.79 Å². The van der Waals surface area contributed by atoms with Gasteiger partial charge in [0.1, 0.15) is 0 Å². The average Bonchev–Trinajstić information content (AvgIpc) is 3.40. The van der Waals surface area contributed by atoms with E-state index in [2.05, 4.69) is 26.1 Å². The molecule has 0 spiro atoms. The highest BCUT2D eigenvalue weighted by Gasteiger charge is 2.35. The van der Waals surface area contributed by atoms with Gasteiger partial charge in [0, 0.05) is 34.8 Å². The Morgan fingerprint density at radius 1 is 1.07 bits per heavy atom. The number of carbonyl (C=O) groups excluding carboxylic acids is 1. The second-order valence-corrected chi connectivity index (χ2v) is 7.32. The predicted molar refractivity (Wildman–Crippen MR) is 99.7 cm³/mol. The van der Waals surface area contributed by atoms with Crippen LogP contribution in [0.4, 0.5) is 5.69 Å². The lowest BCUT2D eigenvalue weighted by Gasteiger charge is -2.16. The number of nitrogens with zero attached hydrogens (tertiary/aromatic N) is 3. The van der Waals surface area contributed by atoms with Crippen LogP contribution in [0.5, 0.6) is 11.5 Å². The SMILES string of the molecule is O=C1C[C@H](c2nc(-c3ccc(Br)cc3)no2)CN1c1ccc2c(c1)OCO2. The van der Waals surface area contributed by atoms with E-state index >= 15 is 0 Å². The van der Waals surface area contributed by atoms with Crippen LogP contribution in [0.2, 0.25) is 0 Å². The van der Waals surface area contributed by atoms with E-state index < -0.39 is 0 Å². The van der Waals surface area contributed by atoms with Crippen LogP contribution < -0.4 is 14.4 Å². The van der Waals surface area contributed by atoms with E-state index in [1.54, 1.807) is 4.90 Å². The second-order valence-electron chi connectivity index (χ2n) is 6.41. The van der Waals surface area contributed by atoms with E-state index in [0.29, 0.717) is 36.2 Å². The maximum absolute atomic E-state index is 12.5. The number of fused-ring (bicyclic) bond motifs is 1. The molecule has 8 heteroatoms. The monoisotopic (exact) mass is 427 g/mol. The maximum Gasteiger partial charge on any atom is 0.232 e. The summed E-state index contributed by atoms with van der Waals surface area (Å²) in [5.74, 6) is 2.22. The third-order valence-corrected chi connectivity index (χ3v) is 5.21. The van der Waals surface area contributed by atoms with Crippen molar-refractivity contribution in [2.45, 2.75) is 12.3 Å². The summed E-state index contributed by atoms with van der Waals surface area (Å²) in [6, 6.07) is 13.2. The van der Waals surface area contributed by atoms with Crippen molar-refractivity contribution < 1.29 is 18.8 Å². The number of aromatic nitrogens is 2. The van der Waals surface area contributed by atoms with Gasteiger partial charge in [0.2, 0.25) is 24.4 Å². The quantitative estimate of drug-likeness (QED) is 0.633. The number of benzene rings is 2. The molecule has 0 radical (unpaired) electrons. The third-order valence-electron chi connectivity index (χ3n) is 4.69. The summed E-state index contributed by atoms with van der Waals surface area (Å²) in [6.45, 7) is 0.691. The van der Waals surface area contributed by atoms with Gasteiger partial charge in [-0.3, -0.25) is 4.79 Å². The molecule has 0 unspecified atom stereocenters. The van der Waals surface area contributed by atoms with Gasteiger partial charge in [-0.05, 0) is 36.4 Å². The molecule has 0 bridgehead atoms. The minimum atomic E-state index is -0.139. The van der Waals surface area contributed by atoms with Gasteiger partial charge in [0.15, 0.2) is 11.5 Å². The molecule has 1 atom stereocenters. The molecule has 0 aliphatic carbocycles. The van der Waals surface area contributed by atoms with Crippen LogP contribution in [0.1, 0.15) is 18.2 Å². The Kier molecular flexibility index (Phi) is 3.86. The van der Waals surface area contributed by atoms with Crippen LogP contribution in [-0.4, -0.2) is 29.4 Å². The molecule has 2 aliphatic heterocycles. The van der Waals surface area contributed by atoms with Gasteiger partial charge < -0.3 is 18.9 Å². The first kappa shape index (κ1) is 16.3. The summed E-state index contributed by atoms with van der Waals surface area (Å²) in [4.78, 5) is 18.7. The molecule has 1 amide bonds. The predicted octanol–water partition coefficient (Wildman–Crippen LogP) is 3.75. The minimum absolute atomic E-state index is 0.0160. The van der Waals surface area contributed by atoms with E-state index in [4.69, 9.17) is 14.0 Å². The zero-order valence-electron chi connectivity index (χ0n) is 14.1. The fourth-order valence-electron chi connectivity index (χ4n) is 3.29. The summed E-state index contributed by atoms with van der Waals surface area (Å²) < 4.78 is 17.2. The molecule has 1 saturated heterocycles. The summed E-state index contributed by atoms with van der Waals surface area (Å²) in [6.07, 6.45) is 0.330. The fraction of sp³-hybridized carbons (Fsp3) is 0.211. The van der Waals surface area contributed by atoms with Crippen molar-refractivity contribution in [1.29, 1.82) is 0 Å². The number of amides is 1. The van der Waals surface area contributed by atoms with Gasteiger partial charge in [0.05, 0.1) is 5.92 Å². The Bertz CT molecular complexity index is 1020. The van der Waals surface area contributed by atoms with Crippen LogP contribution in [0, 0.1) is 0 Å². The van der Waals surface area contributed by atoms with Crippen molar-refractivity contribution in [3.8, 4) is 22.9 Å². The molecule has 27 heavy (non-hydrogen) atoms. The van der Waals surface area contributed by atoms with Gasteiger partial charge in [-0.2, -0.15) is 4.98 Å². The standard InChI is InChI=1S/C19H14BrN3O4/c20-13-3-1-11(2-4-13)18-21-19(27-22-18)12-7-17(24)23(9-12)14-5-6-15-16(8-14)26-10-25-15/h1-6,8,12H,7,9-10H2/t12-/m0/s1. The first-order valence-corrected chi connectivity index (χ1v) is 9.26. The number of carbonyl (C=O) groups is 1. The maximum atomic E-state index is 12.5. The second kappa shape index (κ2) is 6.38. The molecule has 2 aliphatic rings. The lowest BCUT2D eigenvalue weighted by atomic mass is 10.1. The molecule has 136 valence electrons. The van der Waals surface area contributed by atoms with Crippen molar-refractivity contribution >= 4 is 27.5 Å². The molecular weight excluding hydrogens is 414 g/mol. The third kappa shape index (κ3) is 2.95. The van der Waals surface area contributed by atoms with Crippen LogP contribution in [0.15, 0.2) is 51.5 Å². The molecule has 1 aromatic heterocycles. The lowest BCUT2D eigenvalue weighted by molar-refractivity contribution is -0.117. The van der Waals surface area contributed by atoms with Crippen molar-refractivity contribution in [1.82, 2.24) is 10.1 Å². The van der Waals surface area contributed by atoms with Crippen molar-refractivity contribution in [2.75, 3.05) is 18.2 Å². The van der Waals surface area contributed by atoms with Crippen molar-refractivity contribution in [3.05, 3.63) is 52.8 Å². The van der Waals surface area contributed by atoms with E-state index in [0.717, 1.165) is 15.7 Å². The number of ether oxygens (including phenoxy) is 2. The normalized spacial score (nSPS) is 18.3. The molecule has 5 rings (SSSR count). The topological polar surface area (TPSA) is 77.7 Å². The van der Waals surface area contributed by atoms with Crippen LogP contribution in [0.3, 0.4) is 0 Å². The number of hydrogen-bond acceptors (Lipinski definition) is 6. The Morgan fingerprint density at radius 3 is 2.74 bits per heavy atom. The van der Waals surface area contributed by atoms with E-state index in [-0.39, 0.29) is 18.6 Å². The van der Waals surface area contributed by atoms with Gasteiger partial charge in [-0.1, -0.05) is 21.1 Å². The van der Waals surface area contributed by atoms with Crippen LogP contribution in [-0.2, 0) is 4.79 Å². The minimum Gasteiger partial charge on any atom is -0.454 e. The van der Waals surface area contributed by atoms with E-state index in [1.165, 1.54) is 0 Å². The van der Waals surface area contributed by atoms with Gasteiger partial charge in [0.25, 0.3) is 0 Å². The first-order valence-electron chi connectivity index (χ1n) is 8.47. The summed E-state index contributed by atoms with van der Waals surface area (Å²) in [5, 5.41) is 4.06. The molecular formula is C19H14BrN3O4. The molecule has 7 nitrogen and oxygen atoms in total. The number of anilines is 1. The zero-order valence-corrected chi connectivity index (χ0v) is 15.7. The summed E-state index contributed by atoms with van der Waals surface area (Å²) >= 11 is 3.41. The summed E-state index contributed by atoms with van der Waals surface area (Å²) in [7, 11) is 0. The Hall–Kier alpha value is -2.87. The highest BCUT2D eigenvalue weighted by Crippen LogP contribution is 2.38. The Labute approximate surface area is 163 Å². The van der Waals surface area contributed by atoms with Crippen LogP contribution >= 0.6 is 15.9 Å². The van der Waals surface area contributed by atoms with Gasteiger partial charge >= 0.3 is 0 Å². The molecule has 2 aromatic carbocycles.